The molecule has 0 bridgehead atoms. The molecule has 196 valence electrons. The molecule has 0 radical (unpaired) electrons. The molecular weight excluding hydrogens is 450 g/mol. The number of unbranched alkanes of at least 4 members (excludes halogenated alkanes) is 2. The van der Waals surface area contributed by atoms with Gasteiger partial charge in [0.1, 0.15) is 18.1 Å². The van der Waals surface area contributed by atoms with Crippen LogP contribution in [0, 0.1) is 0 Å². The highest BCUT2D eigenvalue weighted by Crippen LogP contribution is 2.06. The van der Waals surface area contributed by atoms with Crippen LogP contribution >= 0.6 is 0 Å². The minimum Gasteiger partial charge on any atom is -0.480 e. The smallest absolute Gasteiger partial charge is 0.328 e. The number of aliphatic carboxylic acids is 1. The lowest BCUT2D eigenvalue weighted by molar-refractivity contribution is -0.143. The lowest BCUT2D eigenvalue weighted by atomic mass is 10.0. The van der Waals surface area contributed by atoms with Crippen LogP contribution in [-0.4, -0.2) is 83.7 Å². The average molecular weight is 490 g/mol. The van der Waals surface area contributed by atoms with Gasteiger partial charge in [0.15, 0.2) is 0 Å². The number of carboxylic acids is 1. The summed E-state index contributed by atoms with van der Waals surface area (Å²) >= 11 is 0. The quantitative estimate of drug-likeness (QED) is 0.0803. The zero-order valence-electron chi connectivity index (χ0n) is 19.3. The van der Waals surface area contributed by atoms with Gasteiger partial charge in [-0.15, -0.1) is 0 Å². The van der Waals surface area contributed by atoms with Crippen molar-refractivity contribution in [1.29, 1.82) is 0 Å². The van der Waals surface area contributed by atoms with E-state index in [0.717, 1.165) is 0 Å². The van der Waals surface area contributed by atoms with Crippen molar-refractivity contribution < 1.29 is 34.2 Å². The Hall–Kier alpha value is -2.81. The fourth-order valence-electron chi connectivity index (χ4n) is 2.97. The number of carbonyl (C=O) groups is 5. The van der Waals surface area contributed by atoms with Gasteiger partial charge in [-0.1, -0.05) is 6.42 Å². The largest absolute Gasteiger partial charge is 0.480 e. The van der Waals surface area contributed by atoms with Gasteiger partial charge in [-0.25, -0.2) is 4.79 Å². The fraction of sp³-hybridized carbons (Fsp3) is 0.750. The van der Waals surface area contributed by atoms with Crippen molar-refractivity contribution in [2.75, 3.05) is 19.7 Å². The van der Waals surface area contributed by atoms with Gasteiger partial charge < -0.3 is 49.1 Å². The van der Waals surface area contributed by atoms with E-state index in [2.05, 4.69) is 16.0 Å². The molecule has 0 heterocycles. The lowest BCUT2D eigenvalue weighted by Gasteiger charge is -2.25. The first-order valence-corrected chi connectivity index (χ1v) is 11.3. The third-order valence-electron chi connectivity index (χ3n) is 5.00. The topological polar surface area (TPSA) is 266 Å². The molecule has 4 amide bonds. The summed E-state index contributed by atoms with van der Waals surface area (Å²) in [5.41, 5.74) is 21.9. The maximum Gasteiger partial charge on any atom is 0.328 e. The van der Waals surface area contributed by atoms with Crippen molar-refractivity contribution in [2.45, 2.75) is 75.5 Å². The standard InChI is InChI=1S/C20H39N7O7/c21-9-3-1-5-12(23)17(30)25-14(7-8-16(24)29)19(32)26-13(6-2-4-10-22)18(31)27-15(11-28)20(33)34/h12-15,28H,1-11,21-23H2,(H2,24,29)(H,25,30)(H,26,32)(H,27,31)(H,33,34). The summed E-state index contributed by atoms with van der Waals surface area (Å²) in [4.78, 5) is 60.3. The van der Waals surface area contributed by atoms with Gasteiger partial charge in [0.2, 0.25) is 23.6 Å². The number of primary amides is 1. The van der Waals surface area contributed by atoms with Crippen molar-refractivity contribution >= 4 is 29.6 Å². The second-order valence-electron chi connectivity index (χ2n) is 7.88. The first-order chi connectivity index (χ1) is 16.1. The average Bonchev–Trinajstić information content (AvgIpc) is 2.78. The van der Waals surface area contributed by atoms with Crippen LogP contribution in [0.15, 0.2) is 0 Å². The summed E-state index contributed by atoms with van der Waals surface area (Å²) in [7, 11) is 0. The van der Waals surface area contributed by atoms with E-state index in [1.807, 2.05) is 0 Å². The maximum absolute atomic E-state index is 12.9. The highest BCUT2D eigenvalue weighted by molar-refractivity contribution is 5.94. The molecule has 0 aromatic rings. The van der Waals surface area contributed by atoms with Crippen molar-refractivity contribution in [3.8, 4) is 0 Å². The normalized spacial score (nSPS) is 14.4. The van der Waals surface area contributed by atoms with E-state index in [1.165, 1.54) is 0 Å². The number of nitrogens with one attached hydrogen (secondary N) is 3. The van der Waals surface area contributed by atoms with Gasteiger partial charge in [0.05, 0.1) is 12.6 Å². The zero-order valence-corrected chi connectivity index (χ0v) is 19.3. The highest BCUT2D eigenvalue weighted by atomic mass is 16.4. The van der Waals surface area contributed by atoms with Crippen LogP contribution in [0.25, 0.3) is 0 Å². The number of carboxylic acid groups (broad SMARTS) is 1. The second kappa shape index (κ2) is 17.6. The lowest BCUT2D eigenvalue weighted by Crippen LogP contribution is -2.57. The molecule has 0 aromatic carbocycles. The predicted molar refractivity (Wildman–Crippen MR) is 123 cm³/mol. The van der Waals surface area contributed by atoms with E-state index < -0.39 is 60.4 Å². The Bertz CT molecular complexity index is 678. The minimum atomic E-state index is -1.56. The van der Waals surface area contributed by atoms with E-state index in [9.17, 15) is 24.0 Å². The zero-order chi connectivity index (χ0) is 26.1. The van der Waals surface area contributed by atoms with Crippen LogP contribution in [0.1, 0.15) is 51.4 Å². The third-order valence-corrected chi connectivity index (χ3v) is 5.00. The number of carbonyl (C=O) groups excluding carboxylic acids is 4. The molecule has 0 aliphatic carbocycles. The van der Waals surface area contributed by atoms with Crippen LogP contribution in [0.3, 0.4) is 0 Å². The van der Waals surface area contributed by atoms with E-state index in [0.29, 0.717) is 45.2 Å². The minimum absolute atomic E-state index is 0.127. The SMILES string of the molecule is NCCCCC(N)C(=O)NC(CCC(N)=O)C(=O)NC(CCCCN)C(=O)NC(CO)C(=O)O. The van der Waals surface area contributed by atoms with E-state index in [-0.39, 0.29) is 19.3 Å². The van der Waals surface area contributed by atoms with Gasteiger partial charge in [0.25, 0.3) is 0 Å². The molecule has 0 aliphatic heterocycles. The van der Waals surface area contributed by atoms with Crippen molar-refractivity contribution in [2.24, 2.45) is 22.9 Å². The van der Waals surface area contributed by atoms with E-state index in [1.54, 1.807) is 0 Å². The number of aliphatic hydroxyl groups is 1. The first-order valence-electron chi connectivity index (χ1n) is 11.3. The summed E-state index contributed by atoms with van der Waals surface area (Å²) < 4.78 is 0. The van der Waals surface area contributed by atoms with E-state index >= 15 is 0 Å². The molecule has 0 fully saturated rings. The molecule has 4 unspecified atom stereocenters. The van der Waals surface area contributed by atoms with Crippen molar-refractivity contribution in [3.05, 3.63) is 0 Å². The fourth-order valence-corrected chi connectivity index (χ4v) is 2.97. The summed E-state index contributed by atoms with van der Waals surface area (Å²) in [6, 6.07) is -4.84. The van der Waals surface area contributed by atoms with Crippen molar-refractivity contribution in [1.82, 2.24) is 16.0 Å². The molecule has 0 saturated carbocycles. The number of hydrogen-bond acceptors (Lipinski definition) is 9. The molecule has 0 aliphatic rings. The van der Waals surface area contributed by atoms with Gasteiger partial charge in [0, 0.05) is 6.42 Å². The molecule has 0 saturated heterocycles. The second-order valence-corrected chi connectivity index (χ2v) is 7.88. The Morgan fingerprint density at radius 3 is 1.65 bits per heavy atom. The van der Waals surface area contributed by atoms with Crippen LogP contribution in [-0.2, 0) is 24.0 Å². The maximum atomic E-state index is 12.9. The molecule has 4 atom stereocenters. The first kappa shape index (κ1) is 31.2. The molecule has 0 spiro atoms. The summed E-state index contributed by atoms with van der Waals surface area (Å²) in [5, 5.41) is 25.3. The number of rotatable bonds is 19. The third kappa shape index (κ3) is 13.0. The summed E-state index contributed by atoms with van der Waals surface area (Å²) in [6.45, 7) is -0.0511. The number of aliphatic hydroxyl groups excluding tert-OH is 1. The molecule has 14 heteroatoms. The van der Waals surface area contributed by atoms with Gasteiger partial charge in [-0.3, -0.25) is 19.2 Å². The monoisotopic (exact) mass is 489 g/mol. The number of nitrogens with two attached hydrogens (primary N) is 4. The van der Waals surface area contributed by atoms with Gasteiger partial charge >= 0.3 is 5.97 Å². The number of hydrogen-bond donors (Lipinski definition) is 9. The van der Waals surface area contributed by atoms with Crippen LogP contribution < -0.4 is 38.9 Å². The van der Waals surface area contributed by atoms with E-state index in [4.69, 9.17) is 33.1 Å². The number of amides is 4. The Morgan fingerprint density at radius 1 is 0.706 bits per heavy atom. The predicted octanol–water partition coefficient (Wildman–Crippen LogP) is -3.63. The summed E-state index contributed by atoms with van der Waals surface area (Å²) in [5.74, 6) is -4.35. The van der Waals surface area contributed by atoms with Gasteiger partial charge in [-0.05, 0) is 51.6 Å². The Labute approximate surface area is 198 Å². The van der Waals surface area contributed by atoms with Crippen LogP contribution in [0.5, 0.6) is 0 Å². The molecule has 14 nitrogen and oxygen atoms in total. The molecule has 0 rings (SSSR count). The Morgan fingerprint density at radius 2 is 1.18 bits per heavy atom. The highest BCUT2D eigenvalue weighted by Gasteiger charge is 2.30. The molecule has 13 N–H and O–H groups in total. The Kier molecular flexibility index (Phi) is 16.2. The van der Waals surface area contributed by atoms with Crippen LogP contribution in [0.2, 0.25) is 0 Å². The van der Waals surface area contributed by atoms with Gasteiger partial charge in [-0.2, -0.15) is 0 Å². The molecule has 34 heavy (non-hydrogen) atoms. The molecule has 0 aromatic heterocycles. The summed E-state index contributed by atoms with van der Waals surface area (Å²) in [6.07, 6.45) is 2.40. The van der Waals surface area contributed by atoms with Crippen molar-refractivity contribution in [3.63, 3.8) is 0 Å². The van der Waals surface area contributed by atoms with Crippen LogP contribution in [0.4, 0.5) is 0 Å². The Balaban J connectivity index is 5.41. The molecular formula is C20H39N7O7.